The SMILES string of the molecule is CNCCCC(NC=O)C(=O)Nc1ccc(COC(N)=O)cc1. The van der Waals surface area contributed by atoms with Crippen LogP contribution in [-0.4, -0.2) is 38.0 Å². The minimum atomic E-state index is -0.841. The van der Waals surface area contributed by atoms with Gasteiger partial charge < -0.3 is 26.4 Å². The summed E-state index contributed by atoms with van der Waals surface area (Å²) < 4.78 is 4.67. The van der Waals surface area contributed by atoms with Crippen LogP contribution in [0.4, 0.5) is 10.5 Å². The van der Waals surface area contributed by atoms with Crippen molar-refractivity contribution in [1.82, 2.24) is 10.6 Å². The van der Waals surface area contributed by atoms with E-state index in [1.54, 1.807) is 24.3 Å². The van der Waals surface area contributed by atoms with Crippen LogP contribution >= 0.6 is 0 Å². The Morgan fingerprint density at radius 3 is 2.57 bits per heavy atom. The molecular formula is C15H22N4O4. The minimum Gasteiger partial charge on any atom is -0.445 e. The first-order valence-corrected chi connectivity index (χ1v) is 7.23. The van der Waals surface area contributed by atoms with Crippen molar-refractivity contribution in [1.29, 1.82) is 0 Å². The molecule has 0 fully saturated rings. The third-order valence-corrected chi connectivity index (χ3v) is 3.11. The van der Waals surface area contributed by atoms with Crippen molar-refractivity contribution in [2.24, 2.45) is 5.73 Å². The molecule has 126 valence electrons. The number of carbonyl (C=O) groups is 3. The van der Waals surface area contributed by atoms with Crippen LogP contribution in [0.25, 0.3) is 0 Å². The molecule has 23 heavy (non-hydrogen) atoms. The zero-order chi connectivity index (χ0) is 17.1. The molecule has 0 heterocycles. The van der Waals surface area contributed by atoms with E-state index in [1.807, 2.05) is 7.05 Å². The second-order valence-electron chi connectivity index (χ2n) is 4.88. The smallest absolute Gasteiger partial charge is 0.404 e. The molecule has 5 N–H and O–H groups in total. The number of rotatable bonds is 10. The Kier molecular flexibility index (Phi) is 8.16. The topological polar surface area (TPSA) is 123 Å². The lowest BCUT2D eigenvalue weighted by Crippen LogP contribution is -2.40. The van der Waals surface area contributed by atoms with Gasteiger partial charge in [0.15, 0.2) is 0 Å². The molecule has 0 radical (unpaired) electrons. The number of ether oxygens (including phenoxy) is 1. The number of hydrogen-bond donors (Lipinski definition) is 4. The Bertz CT molecular complexity index is 519. The maximum absolute atomic E-state index is 12.2. The van der Waals surface area contributed by atoms with Crippen LogP contribution < -0.4 is 21.7 Å². The van der Waals surface area contributed by atoms with Gasteiger partial charge in [-0.15, -0.1) is 0 Å². The largest absolute Gasteiger partial charge is 0.445 e. The van der Waals surface area contributed by atoms with E-state index >= 15 is 0 Å². The molecule has 8 heteroatoms. The number of nitrogens with one attached hydrogen (secondary N) is 3. The fourth-order valence-corrected chi connectivity index (χ4v) is 1.92. The molecule has 8 nitrogen and oxygen atoms in total. The standard InChI is InChI=1S/C15H22N4O4/c1-17-8-2-3-13(18-10-20)14(21)19-12-6-4-11(5-7-12)9-23-15(16)22/h4-7,10,13,17H,2-3,8-9H2,1H3,(H2,16,22)(H,18,20)(H,19,21). The van der Waals surface area contributed by atoms with Crippen LogP contribution in [0.3, 0.4) is 0 Å². The predicted molar refractivity (Wildman–Crippen MR) is 85.6 cm³/mol. The predicted octanol–water partition coefficient (Wildman–Crippen LogP) is 0.335. The number of benzene rings is 1. The van der Waals surface area contributed by atoms with Crippen molar-refractivity contribution in [3.05, 3.63) is 29.8 Å². The summed E-state index contributed by atoms with van der Waals surface area (Å²) in [5.41, 5.74) is 6.23. The molecule has 1 aromatic carbocycles. The Balaban J connectivity index is 2.56. The summed E-state index contributed by atoms with van der Waals surface area (Å²) in [6.45, 7) is 0.835. The van der Waals surface area contributed by atoms with Crippen molar-refractivity contribution in [3.8, 4) is 0 Å². The second-order valence-corrected chi connectivity index (χ2v) is 4.88. The molecule has 1 unspecified atom stereocenters. The van der Waals surface area contributed by atoms with Crippen molar-refractivity contribution in [2.75, 3.05) is 18.9 Å². The zero-order valence-electron chi connectivity index (χ0n) is 13.0. The van der Waals surface area contributed by atoms with Gasteiger partial charge in [0, 0.05) is 5.69 Å². The van der Waals surface area contributed by atoms with Gasteiger partial charge in [-0.3, -0.25) is 9.59 Å². The summed E-state index contributed by atoms with van der Waals surface area (Å²) >= 11 is 0. The summed E-state index contributed by atoms with van der Waals surface area (Å²) in [5.74, 6) is -0.283. The molecule has 0 aliphatic heterocycles. The highest BCUT2D eigenvalue weighted by molar-refractivity contribution is 5.95. The number of anilines is 1. The van der Waals surface area contributed by atoms with Crippen LogP contribution in [0, 0.1) is 0 Å². The van der Waals surface area contributed by atoms with Gasteiger partial charge in [0.2, 0.25) is 12.3 Å². The molecule has 0 saturated heterocycles. The van der Waals surface area contributed by atoms with E-state index in [0.29, 0.717) is 18.5 Å². The summed E-state index contributed by atoms with van der Waals surface area (Å²) in [4.78, 5) is 33.3. The first-order chi connectivity index (χ1) is 11.1. The van der Waals surface area contributed by atoms with Crippen molar-refractivity contribution in [3.63, 3.8) is 0 Å². The lowest BCUT2D eigenvalue weighted by molar-refractivity contribution is -0.121. The van der Waals surface area contributed by atoms with Crippen molar-refractivity contribution in [2.45, 2.75) is 25.5 Å². The van der Waals surface area contributed by atoms with E-state index in [0.717, 1.165) is 18.5 Å². The minimum absolute atomic E-state index is 0.0723. The fourth-order valence-electron chi connectivity index (χ4n) is 1.92. The molecule has 0 bridgehead atoms. The molecule has 0 aliphatic carbocycles. The van der Waals surface area contributed by atoms with E-state index in [-0.39, 0.29) is 12.5 Å². The summed E-state index contributed by atoms with van der Waals surface area (Å²) in [7, 11) is 1.83. The van der Waals surface area contributed by atoms with Gasteiger partial charge in [0.1, 0.15) is 12.6 Å². The van der Waals surface area contributed by atoms with Gasteiger partial charge in [-0.2, -0.15) is 0 Å². The molecule has 0 saturated carbocycles. The Labute approximate surface area is 134 Å². The van der Waals surface area contributed by atoms with Gasteiger partial charge in [-0.25, -0.2) is 4.79 Å². The first kappa shape index (κ1) is 18.4. The number of primary amides is 1. The van der Waals surface area contributed by atoms with Crippen LogP contribution in [0.2, 0.25) is 0 Å². The summed E-state index contributed by atoms with van der Waals surface area (Å²) in [6.07, 6.45) is 0.981. The highest BCUT2D eigenvalue weighted by Gasteiger charge is 2.17. The molecule has 3 amide bonds. The highest BCUT2D eigenvalue weighted by atomic mass is 16.5. The number of hydrogen-bond acceptors (Lipinski definition) is 5. The van der Waals surface area contributed by atoms with Crippen molar-refractivity contribution < 1.29 is 19.1 Å². The first-order valence-electron chi connectivity index (χ1n) is 7.23. The monoisotopic (exact) mass is 322 g/mol. The average Bonchev–Trinajstić information content (AvgIpc) is 2.53. The Hall–Kier alpha value is -2.61. The third kappa shape index (κ3) is 7.28. The van der Waals surface area contributed by atoms with Crippen LogP contribution in [0.1, 0.15) is 18.4 Å². The molecule has 0 aliphatic rings. The fraction of sp³-hybridized carbons (Fsp3) is 0.400. The van der Waals surface area contributed by atoms with Crippen LogP contribution in [-0.2, 0) is 20.9 Å². The summed E-state index contributed by atoms with van der Waals surface area (Å²) in [5, 5.41) is 8.23. The lowest BCUT2D eigenvalue weighted by Gasteiger charge is -2.16. The van der Waals surface area contributed by atoms with Crippen molar-refractivity contribution >= 4 is 24.1 Å². The molecule has 0 aromatic heterocycles. The Morgan fingerprint density at radius 2 is 2.00 bits per heavy atom. The maximum Gasteiger partial charge on any atom is 0.404 e. The van der Waals surface area contributed by atoms with E-state index in [1.165, 1.54) is 0 Å². The molecular weight excluding hydrogens is 300 g/mol. The highest BCUT2D eigenvalue weighted by Crippen LogP contribution is 2.11. The molecule has 1 atom stereocenters. The molecule has 0 spiro atoms. The van der Waals surface area contributed by atoms with Gasteiger partial charge in [0.05, 0.1) is 0 Å². The van der Waals surface area contributed by atoms with Gasteiger partial charge >= 0.3 is 6.09 Å². The quantitative estimate of drug-likeness (QED) is 0.365. The third-order valence-electron chi connectivity index (χ3n) is 3.11. The number of carbonyl (C=O) groups excluding carboxylic acids is 3. The van der Waals surface area contributed by atoms with E-state index < -0.39 is 12.1 Å². The van der Waals surface area contributed by atoms with Gasteiger partial charge in [-0.05, 0) is 44.1 Å². The zero-order valence-corrected chi connectivity index (χ0v) is 13.0. The second kappa shape index (κ2) is 10.2. The normalized spacial score (nSPS) is 11.3. The molecule has 1 rings (SSSR count). The average molecular weight is 322 g/mol. The molecule has 1 aromatic rings. The van der Waals surface area contributed by atoms with Crippen LogP contribution in [0.5, 0.6) is 0 Å². The lowest BCUT2D eigenvalue weighted by atomic mass is 10.1. The van der Waals surface area contributed by atoms with Gasteiger partial charge in [-0.1, -0.05) is 12.1 Å². The van der Waals surface area contributed by atoms with Crippen LogP contribution in [0.15, 0.2) is 24.3 Å². The summed E-state index contributed by atoms with van der Waals surface area (Å²) in [6, 6.07) is 6.20. The maximum atomic E-state index is 12.2. The van der Waals surface area contributed by atoms with E-state index in [4.69, 9.17) is 5.73 Å². The Morgan fingerprint density at radius 1 is 1.30 bits per heavy atom. The van der Waals surface area contributed by atoms with Gasteiger partial charge in [0.25, 0.3) is 0 Å². The number of nitrogens with two attached hydrogens (primary N) is 1. The van der Waals surface area contributed by atoms with E-state index in [9.17, 15) is 14.4 Å². The number of amides is 3. The van der Waals surface area contributed by atoms with E-state index in [2.05, 4.69) is 20.7 Å².